The average Bonchev–Trinajstić information content (AvgIpc) is 2.54. The van der Waals surface area contributed by atoms with Gasteiger partial charge in [0.25, 0.3) is 10.2 Å². The summed E-state index contributed by atoms with van der Waals surface area (Å²) in [5, 5.41) is 3.10. The maximum Gasteiger partial charge on any atom is 0.281 e. The van der Waals surface area contributed by atoms with E-state index in [0.29, 0.717) is 19.4 Å². The van der Waals surface area contributed by atoms with E-state index in [4.69, 9.17) is 0 Å². The second-order valence-corrected chi connectivity index (χ2v) is 9.67. The van der Waals surface area contributed by atoms with Gasteiger partial charge >= 0.3 is 0 Å². The minimum Gasteiger partial charge on any atom is -0.351 e. The zero-order chi connectivity index (χ0) is 18.7. The summed E-state index contributed by atoms with van der Waals surface area (Å²) in [4.78, 5) is 12.7. The lowest BCUT2D eigenvalue weighted by Gasteiger charge is -2.35. The molecule has 2 rings (SSSR count). The third-order valence-electron chi connectivity index (χ3n) is 4.49. The Morgan fingerprint density at radius 2 is 1.92 bits per heavy atom. The molecule has 1 aromatic rings. The molecular formula is C18H29N3O3S. The fraction of sp³-hybridized carbons (Fsp3) is 0.611. The second-order valence-electron chi connectivity index (χ2n) is 7.52. The van der Waals surface area contributed by atoms with E-state index in [9.17, 15) is 13.2 Å². The van der Waals surface area contributed by atoms with Crippen molar-refractivity contribution in [2.45, 2.75) is 38.6 Å². The molecule has 1 amide bonds. The van der Waals surface area contributed by atoms with Gasteiger partial charge in [-0.3, -0.25) is 4.79 Å². The van der Waals surface area contributed by atoms with Gasteiger partial charge in [-0.05, 0) is 38.7 Å². The van der Waals surface area contributed by atoms with Gasteiger partial charge in [0.05, 0.1) is 5.92 Å². The number of hydrogen-bond acceptors (Lipinski definition) is 3. The molecule has 0 bridgehead atoms. The second kappa shape index (κ2) is 7.85. The van der Waals surface area contributed by atoms with Crippen LogP contribution in [0.25, 0.3) is 0 Å². The van der Waals surface area contributed by atoms with Crippen molar-refractivity contribution >= 4 is 16.1 Å². The van der Waals surface area contributed by atoms with E-state index in [1.165, 1.54) is 22.7 Å². The molecule has 0 radical (unpaired) electrons. The van der Waals surface area contributed by atoms with Crippen LogP contribution in [-0.2, 0) is 21.4 Å². The molecule has 1 heterocycles. The third-order valence-corrected chi connectivity index (χ3v) is 6.40. The summed E-state index contributed by atoms with van der Waals surface area (Å²) in [6.07, 6.45) is 2.14. The van der Waals surface area contributed by atoms with Crippen molar-refractivity contribution in [3.63, 3.8) is 0 Å². The van der Waals surface area contributed by atoms with Crippen molar-refractivity contribution in [3.05, 3.63) is 35.9 Å². The first-order valence-corrected chi connectivity index (χ1v) is 10.0. The lowest BCUT2D eigenvalue weighted by Crippen LogP contribution is -2.52. The van der Waals surface area contributed by atoms with E-state index < -0.39 is 10.2 Å². The van der Waals surface area contributed by atoms with Crippen LogP contribution in [0.1, 0.15) is 32.3 Å². The smallest absolute Gasteiger partial charge is 0.281 e. The van der Waals surface area contributed by atoms with Crippen molar-refractivity contribution in [2.24, 2.45) is 5.92 Å². The highest BCUT2D eigenvalue weighted by Crippen LogP contribution is 2.22. The summed E-state index contributed by atoms with van der Waals surface area (Å²) < 4.78 is 27.2. The lowest BCUT2D eigenvalue weighted by atomic mass is 9.92. The van der Waals surface area contributed by atoms with E-state index in [-0.39, 0.29) is 23.9 Å². The topological polar surface area (TPSA) is 69.7 Å². The molecule has 0 saturated carbocycles. The minimum atomic E-state index is -3.47. The molecule has 6 nitrogen and oxygen atoms in total. The molecule has 1 saturated heterocycles. The first-order valence-electron chi connectivity index (χ1n) is 8.65. The highest BCUT2D eigenvalue weighted by molar-refractivity contribution is 7.86. The molecule has 25 heavy (non-hydrogen) atoms. The number of benzene rings is 1. The van der Waals surface area contributed by atoms with Gasteiger partial charge in [-0.25, -0.2) is 0 Å². The molecule has 1 atom stereocenters. The van der Waals surface area contributed by atoms with Gasteiger partial charge in [-0.1, -0.05) is 30.3 Å². The van der Waals surface area contributed by atoms with Crippen LogP contribution in [0.4, 0.5) is 0 Å². The fourth-order valence-electron chi connectivity index (χ4n) is 3.18. The number of hydrogen-bond donors (Lipinski definition) is 1. The molecule has 1 aliphatic rings. The number of nitrogens with zero attached hydrogens (tertiary/aromatic N) is 2. The molecule has 7 heteroatoms. The van der Waals surface area contributed by atoms with E-state index in [0.717, 1.165) is 12.0 Å². The summed E-state index contributed by atoms with van der Waals surface area (Å²) >= 11 is 0. The zero-order valence-corrected chi connectivity index (χ0v) is 16.3. The maximum absolute atomic E-state index is 12.7. The Morgan fingerprint density at radius 1 is 1.28 bits per heavy atom. The van der Waals surface area contributed by atoms with Gasteiger partial charge in [-0.15, -0.1) is 0 Å². The number of amides is 1. The molecule has 1 aromatic carbocycles. The van der Waals surface area contributed by atoms with Gasteiger partial charge in [-0.2, -0.15) is 17.0 Å². The molecule has 0 aromatic heterocycles. The molecule has 0 aliphatic carbocycles. The van der Waals surface area contributed by atoms with Crippen molar-refractivity contribution in [3.8, 4) is 0 Å². The number of piperidine rings is 1. The van der Waals surface area contributed by atoms with Crippen LogP contribution >= 0.6 is 0 Å². The minimum absolute atomic E-state index is 0.0698. The van der Waals surface area contributed by atoms with Crippen molar-refractivity contribution < 1.29 is 13.2 Å². The molecule has 140 valence electrons. The third kappa shape index (κ3) is 5.26. The quantitative estimate of drug-likeness (QED) is 0.831. The summed E-state index contributed by atoms with van der Waals surface area (Å²) in [5.41, 5.74) is 0.773. The summed E-state index contributed by atoms with van der Waals surface area (Å²) in [5.74, 6) is -0.377. The normalized spacial score (nSPS) is 19.8. The summed E-state index contributed by atoms with van der Waals surface area (Å²) in [6.45, 7) is 4.70. The molecule has 1 unspecified atom stereocenters. The standard InChI is InChI=1S/C18H29N3O3S/c1-18(2,13-15-9-6-5-7-10-15)19-17(22)16-11-8-12-21(14-16)25(23,24)20(3)4/h5-7,9-10,16H,8,11-14H2,1-4H3,(H,19,22). The highest BCUT2D eigenvalue weighted by atomic mass is 32.2. The Hall–Kier alpha value is -1.44. The fourth-order valence-corrected chi connectivity index (χ4v) is 4.37. The van der Waals surface area contributed by atoms with Crippen LogP contribution in [0.5, 0.6) is 0 Å². The number of nitrogens with one attached hydrogen (secondary N) is 1. The Bertz CT molecular complexity index is 687. The zero-order valence-electron chi connectivity index (χ0n) is 15.5. The molecule has 0 spiro atoms. The monoisotopic (exact) mass is 367 g/mol. The highest BCUT2D eigenvalue weighted by Gasteiger charge is 2.35. The number of carbonyl (C=O) groups excluding carboxylic acids is 1. The first-order chi connectivity index (χ1) is 11.6. The maximum atomic E-state index is 12.7. The van der Waals surface area contributed by atoms with Crippen LogP contribution in [0.3, 0.4) is 0 Å². The van der Waals surface area contributed by atoms with Gasteiger partial charge in [0.15, 0.2) is 0 Å². The summed E-state index contributed by atoms with van der Waals surface area (Å²) in [7, 11) is -0.440. The Kier molecular flexibility index (Phi) is 6.24. The van der Waals surface area contributed by atoms with Crippen LogP contribution in [0, 0.1) is 5.92 Å². The predicted molar refractivity (Wildman–Crippen MR) is 99.3 cm³/mol. The molecule has 1 N–H and O–H groups in total. The largest absolute Gasteiger partial charge is 0.351 e. The Labute approximate surface area is 151 Å². The number of rotatable bonds is 6. The molecule has 1 fully saturated rings. The van der Waals surface area contributed by atoms with Crippen molar-refractivity contribution in [2.75, 3.05) is 27.2 Å². The average molecular weight is 368 g/mol. The van der Waals surface area contributed by atoms with E-state index in [1.54, 1.807) is 0 Å². The molecule has 1 aliphatic heterocycles. The van der Waals surface area contributed by atoms with Crippen LogP contribution < -0.4 is 5.32 Å². The van der Waals surface area contributed by atoms with E-state index in [2.05, 4.69) is 5.32 Å². The van der Waals surface area contributed by atoms with Gasteiger partial charge in [0.1, 0.15) is 0 Å². The van der Waals surface area contributed by atoms with E-state index in [1.807, 2.05) is 44.2 Å². The van der Waals surface area contributed by atoms with Crippen molar-refractivity contribution in [1.29, 1.82) is 0 Å². The van der Waals surface area contributed by atoms with Gasteiger partial charge in [0.2, 0.25) is 5.91 Å². The SMILES string of the molecule is CN(C)S(=O)(=O)N1CCCC(C(=O)NC(C)(C)Cc2ccccc2)C1. The Balaban J connectivity index is 2.00. The van der Waals surface area contributed by atoms with Crippen molar-refractivity contribution in [1.82, 2.24) is 13.9 Å². The Morgan fingerprint density at radius 3 is 2.52 bits per heavy atom. The molecular weight excluding hydrogens is 338 g/mol. The van der Waals surface area contributed by atoms with Crippen LogP contribution in [0.15, 0.2) is 30.3 Å². The van der Waals surface area contributed by atoms with E-state index >= 15 is 0 Å². The summed E-state index contributed by atoms with van der Waals surface area (Å²) in [6, 6.07) is 10.0. The number of carbonyl (C=O) groups is 1. The first kappa shape index (κ1) is 19.9. The van der Waals surface area contributed by atoms with Crippen LogP contribution in [0.2, 0.25) is 0 Å². The van der Waals surface area contributed by atoms with Crippen LogP contribution in [-0.4, -0.2) is 55.7 Å². The van der Waals surface area contributed by atoms with Gasteiger partial charge in [0, 0.05) is 32.7 Å². The van der Waals surface area contributed by atoms with Gasteiger partial charge < -0.3 is 5.32 Å². The predicted octanol–water partition coefficient (Wildman–Crippen LogP) is 1.64. The lowest BCUT2D eigenvalue weighted by molar-refractivity contribution is -0.127.